The molecule has 0 fully saturated rings. The van der Waals surface area contributed by atoms with E-state index in [1.54, 1.807) is 19.9 Å². The second-order valence-electron chi connectivity index (χ2n) is 10.0. The lowest BCUT2D eigenvalue weighted by Crippen LogP contribution is -2.51. The lowest BCUT2D eigenvalue weighted by atomic mass is 9.95. The number of halogens is 3. The Labute approximate surface area is 215 Å². The summed E-state index contributed by atoms with van der Waals surface area (Å²) in [6.07, 6.45) is -4.73. The molecule has 0 saturated carbocycles. The maximum absolute atomic E-state index is 14.3. The molecule has 202 valence electrons. The van der Waals surface area contributed by atoms with E-state index < -0.39 is 51.9 Å². The number of sulfone groups is 1. The zero-order chi connectivity index (χ0) is 28.2. The maximum Gasteiger partial charge on any atom is 0.408 e. The molecule has 37 heavy (non-hydrogen) atoms. The van der Waals surface area contributed by atoms with Crippen LogP contribution in [0.3, 0.4) is 0 Å². The summed E-state index contributed by atoms with van der Waals surface area (Å²) in [6.45, 7) is 5.63. The van der Waals surface area contributed by atoms with Crippen molar-refractivity contribution in [1.82, 2.24) is 4.90 Å². The summed E-state index contributed by atoms with van der Waals surface area (Å²) in [4.78, 5) is 12.9. The number of nitrogens with two attached hydrogens (primary N) is 1. The van der Waals surface area contributed by atoms with Crippen molar-refractivity contribution in [3.63, 3.8) is 0 Å². The summed E-state index contributed by atoms with van der Waals surface area (Å²) in [7, 11) is -3.73. The standard InChI is InChI=1S/C26H32F3N3O4S/c1-17(2)15-22(24(31)33)32(14-13-30)23(26(27,28)29)20-7-5-18(6-8-20)19-9-11-21(12-10-19)37(35,36)16-25(3,4)34/h5-12,17,22-23,34H,14-16H2,1-4H3,(H2,31,33)/t22-,23-/m0/s1. The highest BCUT2D eigenvalue weighted by molar-refractivity contribution is 7.91. The zero-order valence-electron chi connectivity index (χ0n) is 21.2. The van der Waals surface area contributed by atoms with Crippen molar-refractivity contribution in [2.75, 3.05) is 12.3 Å². The van der Waals surface area contributed by atoms with Crippen LogP contribution in [0.2, 0.25) is 0 Å². The summed E-state index contributed by atoms with van der Waals surface area (Å²) >= 11 is 0. The van der Waals surface area contributed by atoms with Crippen LogP contribution < -0.4 is 5.73 Å². The van der Waals surface area contributed by atoms with E-state index in [1.807, 2.05) is 0 Å². The molecule has 0 aromatic heterocycles. The number of primary amides is 1. The van der Waals surface area contributed by atoms with E-state index in [0.717, 1.165) is 4.90 Å². The first-order valence-electron chi connectivity index (χ1n) is 11.6. The van der Waals surface area contributed by atoms with Crippen molar-refractivity contribution in [2.24, 2.45) is 11.7 Å². The summed E-state index contributed by atoms with van der Waals surface area (Å²) in [6, 6.07) is 9.47. The lowest BCUT2D eigenvalue weighted by Gasteiger charge is -2.37. The van der Waals surface area contributed by atoms with Gasteiger partial charge < -0.3 is 10.8 Å². The monoisotopic (exact) mass is 539 g/mol. The third kappa shape index (κ3) is 8.28. The van der Waals surface area contributed by atoms with Crippen LogP contribution in [0.15, 0.2) is 53.4 Å². The third-order valence-corrected chi connectivity index (χ3v) is 7.71. The fourth-order valence-electron chi connectivity index (χ4n) is 4.15. The van der Waals surface area contributed by atoms with E-state index in [4.69, 9.17) is 5.73 Å². The maximum atomic E-state index is 14.3. The summed E-state index contributed by atoms with van der Waals surface area (Å²) in [5, 5.41) is 19.1. The summed E-state index contributed by atoms with van der Waals surface area (Å²) < 4.78 is 67.7. The molecule has 2 rings (SSSR count). The SMILES string of the molecule is CC(C)C[C@@H](C(N)=O)N(CC#N)[C@@H](c1ccc(-c2ccc(S(=O)(=O)CC(C)(C)O)cc2)cc1)C(F)(F)F. The predicted molar refractivity (Wildman–Crippen MR) is 134 cm³/mol. The van der Waals surface area contributed by atoms with Crippen LogP contribution in [-0.4, -0.2) is 54.4 Å². The average Bonchev–Trinajstić information content (AvgIpc) is 2.75. The normalized spacial score (nSPS) is 14.4. The molecule has 0 aliphatic heterocycles. The number of hydrogen-bond acceptors (Lipinski definition) is 6. The van der Waals surface area contributed by atoms with Crippen LogP contribution in [-0.2, 0) is 14.6 Å². The van der Waals surface area contributed by atoms with Crippen LogP contribution >= 0.6 is 0 Å². The van der Waals surface area contributed by atoms with Gasteiger partial charge in [-0.25, -0.2) is 8.42 Å². The first kappa shape index (κ1) is 30.3. The molecule has 0 heterocycles. The first-order valence-corrected chi connectivity index (χ1v) is 13.3. The number of carbonyl (C=O) groups is 1. The van der Waals surface area contributed by atoms with Crippen LogP contribution in [0.5, 0.6) is 0 Å². The van der Waals surface area contributed by atoms with Gasteiger partial charge in [0.25, 0.3) is 0 Å². The summed E-state index contributed by atoms with van der Waals surface area (Å²) in [5.41, 5.74) is 4.97. The van der Waals surface area contributed by atoms with Gasteiger partial charge in [0.05, 0.1) is 34.9 Å². The Kier molecular flexibility index (Phi) is 9.52. The quantitative estimate of drug-likeness (QED) is 0.412. The van der Waals surface area contributed by atoms with Crippen molar-refractivity contribution in [1.29, 1.82) is 5.26 Å². The third-order valence-electron chi connectivity index (χ3n) is 5.63. The van der Waals surface area contributed by atoms with Gasteiger partial charge in [-0.05, 0) is 55.0 Å². The highest BCUT2D eigenvalue weighted by Gasteiger charge is 2.48. The minimum absolute atomic E-state index is 0.0157. The number of rotatable bonds is 11. The molecule has 3 N–H and O–H groups in total. The molecule has 0 spiro atoms. The Morgan fingerprint density at radius 1 is 1.05 bits per heavy atom. The van der Waals surface area contributed by atoms with Crippen LogP contribution in [0.25, 0.3) is 11.1 Å². The van der Waals surface area contributed by atoms with Crippen LogP contribution in [0, 0.1) is 17.2 Å². The topological polar surface area (TPSA) is 124 Å². The molecule has 2 atom stereocenters. The van der Waals surface area contributed by atoms with Crippen LogP contribution in [0.1, 0.15) is 45.7 Å². The smallest absolute Gasteiger partial charge is 0.389 e. The Bertz CT molecular complexity index is 1210. The van der Waals surface area contributed by atoms with Gasteiger partial charge in [-0.3, -0.25) is 9.69 Å². The Morgan fingerprint density at radius 3 is 1.92 bits per heavy atom. The van der Waals surface area contributed by atoms with Crippen molar-refractivity contribution in [2.45, 2.75) is 62.9 Å². The molecular formula is C26H32F3N3O4S. The highest BCUT2D eigenvalue weighted by atomic mass is 32.2. The van der Waals surface area contributed by atoms with E-state index in [9.17, 15) is 36.8 Å². The predicted octanol–water partition coefficient (Wildman–Crippen LogP) is 4.23. The molecule has 11 heteroatoms. The Balaban J connectivity index is 2.43. The van der Waals surface area contributed by atoms with Gasteiger partial charge >= 0.3 is 6.18 Å². The zero-order valence-corrected chi connectivity index (χ0v) is 22.0. The fraction of sp³-hybridized carbons (Fsp3) is 0.462. The van der Waals surface area contributed by atoms with E-state index in [1.165, 1.54) is 62.4 Å². The molecule has 0 bridgehead atoms. The van der Waals surface area contributed by atoms with E-state index in [-0.39, 0.29) is 22.8 Å². The minimum Gasteiger partial charge on any atom is -0.389 e. The van der Waals surface area contributed by atoms with E-state index in [2.05, 4.69) is 0 Å². The number of hydrogen-bond donors (Lipinski definition) is 2. The molecular weight excluding hydrogens is 507 g/mol. The average molecular weight is 540 g/mol. The molecule has 0 unspecified atom stereocenters. The van der Waals surface area contributed by atoms with Gasteiger partial charge in [0, 0.05) is 0 Å². The number of carbonyl (C=O) groups excluding carboxylic acids is 1. The van der Waals surface area contributed by atoms with Crippen molar-refractivity contribution in [3.05, 3.63) is 54.1 Å². The molecule has 0 radical (unpaired) electrons. The minimum atomic E-state index is -4.79. The van der Waals surface area contributed by atoms with Crippen LogP contribution in [0.4, 0.5) is 13.2 Å². The van der Waals surface area contributed by atoms with Gasteiger partial charge in [0.2, 0.25) is 5.91 Å². The fourth-order valence-corrected chi connectivity index (χ4v) is 5.80. The Morgan fingerprint density at radius 2 is 1.54 bits per heavy atom. The number of amides is 1. The van der Waals surface area contributed by atoms with Gasteiger partial charge in [-0.15, -0.1) is 0 Å². The number of benzene rings is 2. The highest BCUT2D eigenvalue weighted by Crippen LogP contribution is 2.40. The molecule has 1 amide bonds. The van der Waals surface area contributed by atoms with E-state index >= 15 is 0 Å². The largest absolute Gasteiger partial charge is 0.408 e. The molecule has 2 aromatic rings. The first-order chi connectivity index (χ1) is 17.0. The lowest BCUT2D eigenvalue weighted by molar-refractivity contribution is -0.192. The molecule has 2 aromatic carbocycles. The number of alkyl halides is 3. The second kappa shape index (κ2) is 11.6. The number of nitriles is 1. The number of aliphatic hydroxyl groups is 1. The second-order valence-corrected chi connectivity index (χ2v) is 12.0. The molecule has 7 nitrogen and oxygen atoms in total. The summed E-state index contributed by atoms with van der Waals surface area (Å²) in [5.74, 6) is -1.53. The van der Waals surface area contributed by atoms with Gasteiger partial charge in [-0.2, -0.15) is 18.4 Å². The van der Waals surface area contributed by atoms with Gasteiger partial charge in [0.1, 0.15) is 6.04 Å². The van der Waals surface area contributed by atoms with Gasteiger partial charge in [0.15, 0.2) is 9.84 Å². The van der Waals surface area contributed by atoms with Crippen molar-refractivity contribution >= 4 is 15.7 Å². The molecule has 0 aliphatic carbocycles. The molecule has 0 aliphatic rings. The van der Waals surface area contributed by atoms with Gasteiger partial charge in [-0.1, -0.05) is 50.2 Å². The molecule has 0 saturated heterocycles. The van der Waals surface area contributed by atoms with Crippen molar-refractivity contribution < 1.29 is 31.5 Å². The van der Waals surface area contributed by atoms with E-state index in [0.29, 0.717) is 11.1 Å². The Hall–Kier alpha value is -2.94. The van der Waals surface area contributed by atoms with Crippen molar-refractivity contribution in [3.8, 4) is 17.2 Å². The number of nitrogens with zero attached hydrogens (tertiary/aromatic N) is 2.